The molecular weight excluding hydrogens is 374 g/mol. The number of imidazole rings is 1. The molecule has 0 bridgehead atoms. The van der Waals surface area contributed by atoms with Gasteiger partial charge in [-0.05, 0) is 24.3 Å². The van der Waals surface area contributed by atoms with E-state index in [1.807, 2.05) is 46.9 Å². The number of thiazole rings is 1. The molecule has 114 valence electrons. The molecule has 0 saturated carbocycles. The van der Waals surface area contributed by atoms with E-state index in [4.69, 9.17) is 10.7 Å². The number of aromatic nitrogens is 2. The van der Waals surface area contributed by atoms with E-state index in [9.17, 15) is 4.79 Å². The van der Waals surface area contributed by atoms with Gasteiger partial charge in [-0.15, -0.1) is 0 Å². The van der Waals surface area contributed by atoms with Crippen LogP contribution in [0.15, 0.2) is 53.0 Å². The third-order valence-corrected chi connectivity index (χ3v) is 5.26. The third kappa shape index (κ3) is 2.44. The van der Waals surface area contributed by atoms with Crippen molar-refractivity contribution in [3.63, 3.8) is 0 Å². The van der Waals surface area contributed by atoms with Gasteiger partial charge in [0.1, 0.15) is 0 Å². The van der Waals surface area contributed by atoms with Crippen molar-refractivity contribution in [2.45, 2.75) is 6.42 Å². The zero-order chi connectivity index (χ0) is 16.0. The molecular formula is C17H12BrN3OS. The Morgan fingerprint density at radius 1 is 1.17 bits per heavy atom. The number of nitrogens with zero attached hydrogens (tertiary/aromatic N) is 2. The summed E-state index contributed by atoms with van der Waals surface area (Å²) in [7, 11) is 0. The predicted octanol–water partition coefficient (Wildman–Crippen LogP) is 4.01. The third-order valence-electron chi connectivity index (χ3n) is 3.71. The number of para-hydroxylation sites is 1. The highest BCUT2D eigenvalue weighted by Crippen LogP contribution is 2.33. The summed E-state index contributed by atoms with van der Waals surface area (Å²) in [6, 6.07) is 16.0. The van der Waals surface area contributed by atoms with Crippen LogP contribution in [0.5, 0.6) is 0 Å². The van der Waals surface area contributed by atoms with E-state index in [0.29, 0.717) is 0 Å². The van der Waals surface area contributed by atoms with Crippen molar-refractivity contribution in [2.24, 2.45) is 5.73 Å². The van der Waals surface area contributed by atoms with Gasteiger partial charge < -0.3 is 5.73 Å². The summed E-state index contributed by atoms with van der Waals surface area (Å²) in [5.41, 5.74) is 9.16. The first-order valence-electron chi connectivity index (χ1n) is 7.06. The van der Waals surface area contributed by atoms with Gasteiger partial charge in [0, 0.05) is 10.0 Å². The van der Waals surface area contributed by atoms with Crippen LogP contribution < -0.4 is 5.73 Å². The number of carbonyl (C=O) groups excluding carboxylic acids is 1. The molecule has 2 N–H and O–H groups in total. The van der Waals surface area contributed by atoms with E-state index in [-0.39, 0.29) is 12.3 Å². The topological polar surface area (TPSA) is 60.4 Å². The lowest BCUT2D eigenvalue weighted by Gasteiger charge is -2.04. The minimum atomic E-state index is -0.361. The van der Waals surface area contributed by atoms with Crippen LogP contribution in [0.4, 0.5) is 0 Å². The van der Waals surface area contributed by atoms with E-state index in [0.717, 1.165) is 36.6 Å². The fourth-order valence-electron chi connectivity index (χ4n) is 2.74. The maximum absolute atomic E-state index is 11.6. The van der Waals surface area contributed by atoms with Crippen molar-refractivity contribution in [2.75, 3.05) is 0 Å². The number of nitrogens with two attached hydrogens (primary N) is 1. The Kier molecular flexibility index (Phi) is 3.43. The van der Waals surface area contributed by atoms with Crippen molar-refractivity contribution < 1.29 is 4.79 Å². The van der Waals surface area contributed by atoms with Crippen LogP contribution in [0.25, 0.3) is 26.4 Å². The molecule has 23 heavy (non-hydrogen) atoms. The van der Waals surface area contributed by atoms with Gasteiger partial charge in [0.25, 0.3) is 0 Å². The van der Waals surface area contributed by atoms with E-state index >= 15 is 0 Å². The largest absolute Gasteiger partial charge is 0.369 e. The normalized spacial score (nSPS) is 11.3. The highest BCUT2D eigenvalue weighted by molar-refractivity contribution is 9.10. The molecule has 0 spiro atoms. The van der Waals surface area contributed by atoms with Gasteiger partial charge >= 0.3 is 0 Å². The molecule has 4 nitrogen and oxygen atoms in total. The summed E-state index contributed by atoms with van der Waals surface area (Å²) in [5.74, 6) is -0.361. The van der Waals surface area contributed by atoms with Crippen molar-refractivity contribution in [3.8, 4) is 11.3 Å². The lowest BCUT2D eigenvalue weighted by atomic mass is 10.1. The molecule has 4 rings (SSSR count). The molecule has 1 amide bonds. The van der Waals surface area contributed by atoms with Gasteiger partial charge in [-0.2, -0.15) is 0 Å². The summed E-state index contributed by atoms with van der Waals surface area (Å²) < 4.78 is 4.19. The quantitative estimate of drug-likeness (QED) is 0.579. The standard InChI is InChI=1S/C17H12BrN3OS/c18-11-7-5-10(6-8-11)16-13(9-15(19)22)21-12-3-1-2-4-14(12)23-17(21)20-16/h1-8H,9H2,(H2,19,22). The Morgan fingerprint density at radius 2 is 1.91 bits per heavy atom. The van der Waals surface area contributed by atoms with Crippen LogP contribution >= 0.6 is 27.3 Å². The molecule has 6 heteroatoms. The molecule has 4 aromatic rings. The number of rotatable bonds is 3. The highest BCUT2D eigenvalue weighted by atomic mass is 79.9. The molecule has 0 aliphatic rings. The molecule has 0 aliphatic heterocycles. The van der Waals surface area contributed by atoms with Gasteiger partial charge in [-0.25, -0.2) is 4.98 Å². The summed E-state index contributed by atoms with van der Waals surface area (Å²) in [6.07, 6.45) is 0.160. The van der Waals surface area contributed by atoms with E-state index < -0.39 is 0 Å². The van der Waals surface area contributed by atoms with Crippen LogP contribution in [0, 0.1) is 0 Å². The maximum atomic E-state index is 11.6. The molecule has 0 aliphatic carbocycles. The molecule has 0 saturated heterocycles. The number of hydrogen-bond acceptors (Lipinski definition) is 3. The number of halogens is 1. The highest BCUT2D eigenvalue weighted by Gasteiger charge is 2.19. The number of carbonyl (C=O) groups is 1. The fourth-order valence-corrected chi connectivity index (χ4v) is 4.05. The van der Waals surface area contributed by atoms with E-state index in [1.165, 1.54) is 0 Å². The zero-order valence-electron chi connectivity index (χ0n) is 12.0. The summed E-state index contributed by atoms with van der Waals surface area (Å²) in [4.78, 5) is 17.2. The number of fused-ring (bicyclic) bond motifs is 3. The summed E-state index contributed by atoms with van der Waals surface area (Å²) >= 11 is 5.05. The van der Waals surface area contributed by atoms with E-state index in [2.05, 4.69) is 22.0 Å². The lowest BCUT2D eigenvalue weighted by Crippen LogP contribution is -2.15. The summed E-state index contributed by atoms with van der Waals surface area (Å²) in [6.45, 7) is 0. The van der Waals surface area contributed by atoms with Crippen LogP contribution in [0.1, 0.15) is 5.69 Å². The average Bonchev–Trinajstić information content (AvgIpc) is 3.05. The first-order chi connectivity index (χ1) is 11.1. The Labute approximate surface area is 144 Å². The van der Waals surface area contributed by atoms with Crippen molar-refractivity contribution in [1.29, 1.82) is 0 Å². The number of benzene rings is 2. The first kappa shape index (κ1) is 14.4. The molecule has 0 unspecified atom stereocenters. The smallest absolute Gasteiger partial charge is 0.223 e. The zero-order valence-corrected chi connectivity index (χ0v) is 14.4. The maximum Gasteiger partial charge on any atom is 0.223 e. The van der Waals surface area contributed by atoms with E-state index in [1.54, 1.807) is 11.3 Å². The van der Waals surface area contributed by atoms with Crippen molar-refractivity contribution >= 4 is 48.4 Å². The molecule has 0 atom stereocenters. The Bertz CT molecular complexity index is 1030. The first-order valence-corrected chi connectivity index (χ1v) is 8.67. The monoisotopic (exact) mass is 385 g/mol. The fraction of sp³-hybridized carbons (Fsp3) is 0.0588. The summed E-state index contributed by atoms with van der Waals surface area (Å²) in [5, 5.41) is 0. The van der Waals surface area contributed by atoms with Crippen LogP contribution in [0.3, 0.4) is 0 Å². The minimum Gasteiger partial charge on any atom is -0.369 e. The van der Waals surface area contributed by atoms with Gasteiger partial charge in [-0.3, -0.25) is 9.20 Å². The number of hydrogen-bond donors (Lipinski definition) is 1. The molecule has 2 aromatic heterocycles. The lowest BCUT2D eigenvalue weighted by molar-refractivity contribution is -0.117. The Morgan fingerprint density at radius 3 is 2.65 bits per heavy atom. The van der Waals surface area contributed by atoms with Crippen molar-refractivity contribution in [3.05, 3.63) is 58.7 Å². The molecule has 2 aromatic carbocycles. The van der Waals surface area contributed by atoms with Crippen LogP contribution in [-0.2, 0) is 11.2 Å². The SMILES string of the molecule is NC(=O)Cc1c(-c2ccc(Br)cc2)nc2sc3ccccc3n12. The van der Waals surface area contributed by atoms with Gasteiger partial charge in [-0.1, -0.05) is 51.5 Å². The number of amides is 1. The van der Waals surface area contributed by atoms with Gasteiger partial charge in [0.2, 0.25) is 5.91 Å². The number of primary amides is 1. The average molecular weight is 386 g/mol. The minimum absolute atomic E-state index is 0.160. The second-order valence-electron chi connectivity index (χ2n) is 5.24. The Balaban J connectivity index is 2.03. The predicted molar refractivity (Wildman–Crippen MR) is 96.6 cm³/mol. The Hall–Kier alpha value is -2.18. The van der Waals surface area contributed by atoms with Gasteiger partial charge in [0.15, 0.2) is 4.96 Å². The van der Waals surface area contributed by atoms with Crippen LogP contribution in [-0.4, -0.2) is 15.3 Å². The van der Waals surface area contributed by atoms with Crippen molar-refractivity contribution in [1.82, 2.24) is 9.38 Å². The molecule has 0 fully saturated rings. The second-order valence-corrected chi connectivity index (χ2v) is 7.17. The molecule has 0 radical (unpaired) electrons. The van der Waals surface area contributed by atoms with Crippen LogP contribution in [0.2, 0.25) is 0 Å². The van der Waals surface area contributed by atoms with Gasteiger partial charge in [0.05, 0.1) is 28.0 Å². The molecule has 2 heterocycles. The second kappa shape index (κ2) is 5.47.